The van der Waals surface area contributed by atoms with Gasteiger partial charge in [0.25, 0.3) is 5.91 Å². The molecular formula is C12H19N3O4. The number of carbonyl (C=O) groups is 3. The first-order valence-corrected chi connectivity index (χ1v) is 6.28. The van der Waals surface area contributed by atoms with Crippen LogP contribution in [0.1, 0.15) is 26.7 Å². The van der Waals surface area contributed by atoms with E-state index < -0.39 is 5.97 Å². The smallest absolute Gasteiger partial charge is 0.355 e. The normalized spacial score (nSPS) is 15.0. The Hall–Kier alpha value is -1.92. The lowest BCUT2D eigenvalue weighted by Gasteiger charge is -2.20. The molecule has 7 nitrogen and oxygen atoms in total. The molecule has 0 spiro atoms. The van der Waals surface area contributed by atoms with Gasteiger partial charge in [0.05, 0.1) is 0 Å². The van der Waals surface area contributed by atoms with Gasteiger partial charge in [-0.2, -0.15) is 5.10 Å². The average molecular weight is 269 g/mol. The summed E-state index contributed by atoms with van der Waals surface area (Å²) in [4.78, 5) is 36.1. The second-order valence-corrected chi connectivity index (χ2v) is 4.11. The van der Waals surface area contributed by atoms with Crippen LogP contribution in [0.3, 0.4) is 0 Å². The molecule has 0 aromatic rings. The van der Waals surface area contributed by atoms with Crippen molar-refractivity contribution < 1.29 is 19.1 Å². The van der Waals surface area contributed by atoms with Crippen LogP contribution in [0.5, 0.6) is 0 Å². The average Bonchev–Trinajstić information content (AvgIpc) is 2.40. The van der Waals surface area contributed by atoms with Crippen molar-refractivity contribution >= 4 is 23.5 Å². The number of amides is 2. The highest BCUT2D eigenvalue weighted by atomic mass is 16.5. The van der Waals surface area contributed by atoms with Crippen molar-refractivity contribution in [3.8, 4) is 0 Å². The summed E-state index contributed by atoms with van der Waals surface area (Å²) in [7, 11) is 1.48. The third-order valence-corrected chi connectivity index (χ3v) is 2.89. The van der Waals surface area contributed by atoms with Gasteiger partial charge < -0.3 is 9.64 Å². The van der Waals surface area contributed by atoms with Crippen LogP contribution in [0.15, 0.2) is 5.10 Å². The monoisotopic (exact) mass is 269 g/mol. The molecule has 106 valence electrons. The number of ether oxygens (including phenoxy) is 1. The van der Waals surface area contributed by atoms with E-state index in [1.54, 1.807) is 4.90 Å². The molecule has 0 atom stereocenters. The third kappa shape index (κ3) is 4.04. The van der Waals surface area contributed by atoms with Gasteiger partial charge in [-0.15, -0.1) is 0 Å². The van der Waals surface area contributed by atoms with Crippen molar-refractivity contribution in [1.29, 1.82) is 0 Å². The number of carbonyl (C=O) groups excluding carboxylic acids is 3. The summed E-state index contributed by atoms with van der Waals surface area (Å²) in [6, 6.07) is 0. The van der Waals surface area contributed by atoms with E-state index in [1.165, 1.54) is 7.05 Å². The molecule has 0 bridgehead atoms. The first-order valence-electron chi connectivity index (χ1n) is 6.28. The minimum atomic E-state index is -0.639. The second-order valence-electron chi connectivity index (χ2n) is 4.11. The third-order valence-electron chi connectivity index (χ3n) is 2.89. The number of hydrogen-bond donors (Lipinski definition) is 0. The molecule has 1 heterocycles. The number of rotatable bonds is 5. The van der Waals surface area contributed by atoms with Crippen molar-refractivity contribution in [2.75, 3.05) is 26.7 Å². The Morgan fingerprint density at radius 3 is 2.47 bits per heavy atom. The van der Waals surface area contributed by atoms with Gasteiger partial charge >= 0.3 is 5.97 Å². The number of hydrazone groups is 1. The van der Waals surface area contributed by atoms with Gasteiger partial charge in [-0.05, 0) is 13.8 Å². The summed E-state index contributed by atoms with van der Waals surface area (Å²) >= 11 is 0. The first-order chi connectivity index (χ1) is 8.99. The Morgan fingerprint density at radius 2 is 1.95 bits per heavy atom. The molecule has 0 aromatic carbocycles. The van der Waals surface area contributed by atoms with Crippen molar-refractivity contribution in [1.82, 2.24) is 9.91 Å². The highest BCUT2D eigenvalue weighted by Gasteiger charge is 2.24. The highest BCUT2D eigenvalue weighted by molar-refractivity contribution is 6.37. The lowest BCUT2D eigenvalue weighted by atomic mass is 10.2. The largest absolute Gasteiger partial charge is 0.451 e. The van der Waals surface area contributed by atoms with E-state index in [0.29, 0.717) is 13.1 Å². The summed E-state index contributed by atoms with van der Waals surface area (Å²) < 4.78 is 4.91. The fourth-order valence-electron chi connectivity index (χ4n) is 1.70. The van der Waals surface area contributed by atoms with Crippen LogP contribution < -0.4 is 0 Å². The summed E-state index contributed by atoms with van der Waals surface area (Å²) in [5.74, 6) is -1.02. The Bertz CT molecular complexity index is 402. The van der Waals surface area contributed by atoms with E-state index in [1.807, 2.05) is 13.8 Å². The zero-order valence-corrected chi connectivity index (χ0v) is 11.5. The highest BCUT2D eigenvalue weighted by Crippen LogP contribution is 2.08. The molecular weight excluding hydrogens is 250 g/mol. The summed E-state index contributed by atoms with van der Waals surface area (Å²) in [5, 5.41) is 4.94. The van der Waals surface area contributed by atoms with Crippen molar-refractivity contribution in [3.05, 3.63) is 0 Å². The molecule has 19 heavy (non-hydrogen) atoms. The Balaban J connectivity index is 2.50. The predicted octanol–water partition coefficient (Wildman–Crippen LogP) is 0.00620. The van der Waals surface area contributed by atoms with E-state index in [9.17, 15) is 14.4 Å². The molecule has 0 aliphatic carbocycles. The predicted molar refractivity (Wildman–Crippen MR) is 68.3 cm³/mol. The molecule has 0 fully saturated rings. The molecule has 0 unspecified atom stereocenters. The molecule has 0 radical (unpaired) electrons. The lowest BCUT2D eigenvalue weighted by Crippen LogP contribution is -2.36. The van der Waals surface area contributed by atoms with Gasteiger partial charge in [0, 0.05) is 33.0 Å². The maximum atomic E-state index is 11.7. The van der Waals surface area contributed by atoms with E-state index >= 15 is 0 Å². The van der Waals surface area contributed by atoms with E-state index in [4.69, 9.17) is 4.74 Å². The number of likely N-dealkylation sites (N-methyl/N-ethyl adjacent to an activating group) is 1. The minimum Gasteiger partial charge on any atom is -0.451 e. The molecule has 0 saturated carbocycles. The van der Waals surface area contributed by atoms with E-state index in [-0.39, 0.29) is 37.0 Å². The van der Waals surface area contributed by atoms with Gasteiger partial charge in [0.2, 0.25) is 5.91 Å². The zero-order valence-electron chi connectivity index (χ0n) is 11.5. The van der Waals surface area contributed by atoms with Crippen LogP contribution in [0.2, 0.25) is 0 Å². The molecule has 0 aromatic heterocycles. The Labute approximate surface area is 112 Å². The van der Waals surface area contributed by atoms with Gasteiger partial charge in [0.1, 0.15) is 5.71 Å². The maximum Gasteiger partial charge on any atom is 0.355 e. The SMILES string of the molecule is CCN(CC)C(=O)COC(=O)C1=NN(C)C(=O)CC1. The van der Waals surface area contributed by atoms with Crippen molar-refractivity contribution in [3.63, 3.8) is 0 Å². The summed E-state index contributed by atoms with van der Waals surface area (Å²) in [6.07, 6.45) is 0.482. The molecule has 1 aliphatic rings. The van der Waals surface area contributed by atoms with Crippen LogP contribution in [0.4, 0.5) is 0 Å². The van der Waals surface area contributed by atoms with E-state index in [0.717, 1.165) is 5.01 Å². The zero-order chi connectivity index (χ0) is 14.4. The standard InChI is InChI=1S/C12H19N3O4/c1-4-15(5-2)11(17)8-19-12(18)9-6-7-10(16)14(3)13-9/h4-8H2,1-3H3. The number of nitrogens with zero attached hydrogens (tertiary/aromatic N) is 3. The lowest BCUT2D eigenvalue weighted by molar-refractivity contribution is -0.147. The Morgan fingerprint density at radius 1 is 1.32 bits per heavy atom. The van der Waals surface area contributed by atoms with Crippen LogP contribution in [0.25, 0.3) is 0 Å². The molecule has 1 rings (SSSR count). The fraction of sp³-hybridized carbons (Fsp3) is 0.667. The van der Waals surface area contributed by atoms with Crippen molar-refractivity contribution in [2.24, 2.45) is 5.10 Å². The number of esters is 1. The second kappa shape index (κ2) is 6.86. The van der Waals surface area contributed by atoms with Crippen LogP contribution in [-0.2, 0) is 19.1 Å². The first kappa shape index (κ1) is 15.1. The molecule has 0 saturated heterocycles. The van der Waals surface area contributed by atoms with Gasteiger partial charge in [-0.3, -0.25) is 9.59 Å². The van der Waals surface area contributed by atoms with Gasteiger partial charge in [0.15, 0.2) is 6.61 Å². The summed E-state index contributed by atoms with van der Waals surface area (Å²) in [5.41, 5.74) is 0.175. The van der Waals surface area contributed by atoms with Crippen LogP contribution in [0, 0.1) is 0 Å². The molecule has 7 heteroatoms. The molecule has 0 N–H and O–H groups in total. The fourth-order valence-corrected chi connectivity index (χ4v) is 1.70. The van der Waals surface area contributed by atoms with Gasteiger partial charge in [-0.25, -0.2) is 9.80 Å². The van der Waals surface area contributed by atoms with Crippen molar-refractivity contribution in [2.45, 2.75) is 26.7 Å². The summed E-state index contributed by atoms with van der Waals surface area (Å²) in [6.45, 7) is 4.57. The van der Waals surface area contributed by atoms with Crippen LogP contribution >= 0.6 is 0 Å². The van der Waals surface area contributed by atoms with Gasteiger partial charge in [-0.1, -0.05) is 0 Å². The Kier molecular flexibility index (Phi) is 5.47. The van der Waals surface area contributed by atoms with E-state index in [2.05, 4.69) is 5.10 Å². The maximum absolute atomic E-state index is 11.7. The number of hydrogen-bond acceptors (Lipinski definition) is 5. The molecule has 2 amide bonds. The topological polar surface area (TPSA) is 79.3 Å². The quantitative estimate of drug-likeness (QED) is 0.658. The molecule has 1 aliphatic heterocycles. The minimum absolute atomic E-state index is 0.143. The van der Waals surface area contributed by atoms with Crippen LogP contribution in [-0.4, -0.2) is 60.1 Å².